The van der Waals surface area contributed by atoms with Crippen LogP contribution in [0.25, 0.3) is 0 Å². The van der Waals surface area contributed by atoms with Gasteiger partial charge in [0.25, 0.3) is 0 Å². The summed E-state index contributed by atoms with van der Waals surface area (Å²) in [6, 6.07) is 3.98. The van der Waals surface area contributed by atoms with Crippen molar-refractivity contribution < 1.29 is 9.53 Å². The second-order valence-corrected chi connectivity index (χ2v) is 8.24. The fraction of sp³-hybridized carbons (Fsp3) is 0.533. The van der Waals surface area contributed by atoms with Crippen LogP contribution in [0.1, 0.15) is 44.4 Å². The zero-order valence-corrected chi connectivity index (χ0v) is 16.2. The minimum atomic E-state index is -0.487. The highest BCUT2D eigenvalue weighted by atomic mass is 127. The molecule has 2 N–H and O–H groups in total. The third-order valence-electron chi connectivity index (χ3n) is 3.33. The Kier molecular flexibility index (Phi) is 5.20. The van der Waals surface area contributed by atoms with Crippen LogP contribution in [0.2, 0.25) is 0 Å². The van der Waals surface area contributed by atoms with Crippen molar-refractivity contribution in [3.8, 4) is 0 Å². The van der Waals surface area contributed by atoms with Crippen molar-refractivity contribution in [3.05, 3.63) is 31.3 Å². The Labute approximate surface area is 147 Å². The smallest absolute Gasteiger partial charge is 0.410 e. The van der Waals surface area contributed by atoms with E-state index in [-0.39, 0.29) is 12.1 Å². The van der Waals surface area contributed by atoms with Gasteiger partial charge in [-0.2, -0.15) is 0 Å². The van der Waals surface area contributed by atoms with Gasteiger partial charge in [-0.15, -0.1) is 0 Å². The molecule has 6 heteroatoms. The first-order chi connectivity index (χ1) is 9.69. The van der Waals surface area contributed by atoms with Crippen molar-refractivity contribution in [3.63, 3.8) is 0 Å². The van der Waals surface area contributed by atoms with Crippen molar-refractivity contribution in [1.29, 1.82) is 0 Å². The minimum absolute atomic E-state index is 0.0727. The van der Waals surface area contributed by atoms with Gasteiger partial charge in [0.1, 0.15) is 5.60 Å². The number of carbonyl (C=O) groups excluding carboxylic acids is 1. The number of ether oxygens (including phenoxy) is 1. The lowest BCUT2D eigenvalue weighted by molar-refractivity contribution is 0.0234. The van der Waals surface area contributed by atoms with E-state index in [0.29, 0.717) is 13.1 Å². The van der Waals surface area contributed by atoms with Crippen molar-refractivity contribution in [2.75, 3.05) is 6.54 Å². The van der Waals surface area contributed by atoms with E-state index in [2.05, 4.69) is 38.5 Å². The van der Waals surface area contributed by atoms with Gasteiger partial charge in [-0.05, 0) is 73.0 Å². The zero-order chi connectivity index (χ0) is 15.8. The van der Waals surface area contributed by atoms with E-state index in [1.165, 1.54) is 0 Å². The third-order valence-corrected chi connectivity index (χ3v) is 5.03. The van der Waals surface area contributed by atoms with Crippen LogP contribution in [0.4, 0.5) is 4.79 Å². The zero-order valence-electron chi connectivity index (χ0n) is 12.5. The maximum atomic E-state index is 12.3. The first-order valence-corrected chi connectivity index (χ1v) is 8.76. The molecule has 0 saturated carbocycles. The van der Waals surface area contributed by atoms with Gasteiger partial charge in [-0.3, -0.25) is 0 Å². The number of carbonyl (C=O) groups is 1. The summed E-state index contributed by atoms with van der Waals surface area (Å²) in [6.45, 7) is 6.77. The van der Waals surface area contributed by atoms with E-state index < -0.39 is 5.60 Å². The highest BCUT2D eigenvalue weighted by Gasteiger charge is 2.28. The summed E-state index contributed by atoms with van der Waals surface area (Å²) < 4.78 is 7.62. The average Bonchev–Trinajstić information content (AvgIpc) is 2.52. The van der Waals surface area contributed by atoms with Crippen LogP contribution in [0.15, 0.2) is 16.6 Å². The quantitative estimate of drug-likeness (QED) is 0.583. The Bertz CT molecular complexity index is 557. The lowest BCUT2D eigenvalue weighted by atomic mass is 10.0. The Hall–Kier alpha value is -0.340. The Morgan fingerprint density at radius 3 is 2.76 bits per heavy atom. The minimum Gasteiger partial charge on any atom is -0.444 e. The standard InChI is InChI=1S/C15H20BrIN2O2/c1-15(2,3)21-14(20)19-7-6-12(18)13-9(8-19)11(17)5-4-10(13)16/h4-5,12H,6-8,18H2,1-3H3/t12-/m0/s1. The molecule has 1 heterocycles. The van der Waals surface area contributed by atoms with Crippen LogP contribution in [0, 0.1) is 3.57 Å². The predicted octanol–water partition coefficient (Wildman–Crippen LogP) is 4.19. The van der Waals surface area contributed by atoms with Gasteiger partial charge in [0.15, 0.2) is 0 Å². The third kappa shape index (κ3) is 4.10. The van der Waals surface area contributed by atoms with Gasteiger partial charge in [-0.1, -0.05) is 15.9 Å². The molecule has 0 bridgehead atoms. The van der Waals surface area contributed by atoms with Crippen LogP contribution in [0.3, 0.4) is 0 Å². The van der Waals surface area contributed by atoms with E-state index in [4.69, 9.17) is 10.5 Å². The molecule has 1 amide bonds. The maximum absolute atomic E-state index is 12.3. The number of nitrogens with zero attached hydrogens (tertiary/aromatic N) is 1. The van der Waals surface area contributed by atoms with Crippen molar-refractivity contribution in [1.82, 2.24) is 4.90 Å². The number of amides is 1. The van der Waals surface area contributed by atoms with Gasteiger partial charge in [0.05, 0.1) is 6.54 Å². The number of halogens is 2. The lowest BCUT2D eigenvalue weighted by Gasteiger charge is -2.26. The SMILES string of the molecule is CC(C)(C)OC(=O)N1CC[C@H](N)c2c(Br)ccc(I)c2C1. The molecule has 1 aromatic carbocycles. The van der Waals surface area contributed by atoms with E-state index in [0.717, 1.165) is 25.6 Å². The predicted molar refractivity (Wildman–Crippen MR) is 95.0 cm³/mol. The van der Waals surface area contributed by atoms with Gasteiger partial charge in [0, 0.05) is 20.6 Å². The topological polar surface area (TPSA) is 55.6 Å². The average molecular weight is 467 g/mol. The summed E-state index contributed by atoms with van der Waals surface area (Å²) in [6.07, 6.45) is 0.448. The molecule has 0 radical (unpaired) electrons. The number of rotatable bonds is 0. The molecule has 1 aliphatic heterocycles. The van der Waals surface area contributed by atoms with Crippen LogP contribution in [0.5, 0.6) is 0 Å². The molecule has 1 aromatic rings. The summed E-state index contributed by atoms with van der Waals surface area (Å²) in [5.41, 5.74) is 8.02. The van der Waals surface area contributed by atoms with Crippen LogP contribution in [-0.2, 0) is 11.3 Å². The highest BCUT2D eigenvalue weighted by molar-refractivity contribution is 14.1. The molecule has 0 unspecified atom stereocenters. The molecule has 0 aliphatic carbocycles. The molecule has 2 rings (SSSR count). The molecular weight excluding hydrogens is 447 g/mol. The maximum Gasteiger partial charge on any atom is 0.410 e. The first kappa shape index (κ1) is 17.0. The van der Waals surface area contributed by atoms with Crippen molar-refractivity contribution >= 4 is 44.6 Å². The van der Waals surface area contributed by atoms with Gasteiger partial charge < -0.3 is 15.4 Å². The number of hydrogen-bond acceptors (Lipinski definition) is 3. The summed E-state index contributed by atoms with van der Waals surface area (Å²) >= 11 is 5.87. The summed E-state index contributed by atoms with van der Waals surface area (Å²) in [4.78, 5) is 14.1. The van der Waals surface area contributed by atoms with Gasteiger partial charge in [-0.25, -0.2) is 4.79 Å². The molecule has 0 saturated heterocycles. The molecule has 1 aliphatic rings. The monoisotopic (exact) mass is 466 g/mol. The Morgan fingerprint density at radius 1 is 1.48 bits per heavy atom. The molecule has 0 fully saturated rings. The molecule has 116 valence electrons. The van der Waals surface area contributed by atoms with Crippen LogP contribution < -0.4 is 5.73 Å². The molecule has 1 atom stereocenters. The van der Waals surface area contributed by atoms with Gasteiger partial charge >= 0.3 is 6.09 Å². The number of fused-ring (bicyclic) bond motifs is 1. The van der Waals surface area contributed by atoms with E-state index in [1.54, 1.807) is 4.90 Å². The Morgan fingerprint density at radius 2 is 2.14 bits per heavy atom. The summed E-state index contributed by atoms with van der Waals surface area (Å²) in [7, 11) is 0. The fourth-order valence-corrected chi connectivity index (χ4v) is 3.67. The fourth-order valence-electron chi connectivity index (χ4n) is 2.36. The van der Waals surface area contributed by atoms with Crippen molar-refractivity contribution in [2.45, 2.75) is 45.4 Å². The molecule has 21 heavy (non-hydrogen) atoms. The molecule has 4 nitrogen and oxygen atoms in total. The number of benzene rings is 1. The first-order valence-electron chi connectivity index (χ1n) is 6.89. The van der Waals surface area contributed by atoms with Gasteiger partial charge in [0.2, 0.25) is 0 Å². The van der Waals surface area contributed by atoms with Crippen LogP contribution >= 0.6 is 38.5 Å². The molecule has 0 aromatic heterocycles. The largest absolute Gasteiger partial charge is 0.444 e. The summed E-state index contributed by atoms with van der Waals surface area (Å²) in [5, 5.41) is 0. The molecular formula is C15H20BrIN2O2. The molecule has 0 spiro atoms. The van der Waals surface area contributed by atoms with Crippen molar-refractivity contribution in [2.24, 2.45) is 5.73 Å². The van der Waals surface area contributed by atoms with E-state index in [9.17, 15) is 4.79 Å². The van der Waals surface area contributed by atoms with E-state index >= 15 is 0 Å². The lowest BCUT2D eigenvalue weighted by Crippen LogP contribution is -2.36. The normalized spacial score (nSPS) is 19.0. The second kappa shape index (κ2) is 6.42. The highest BCUT2D eigenvalue weighted by Crippen LogP contribution is 2.34. The second-order valence-electron chi connectivity index (χ2n) is 6.22. The van der Waals surface area contributed by atoms with Crippen LogP contribution in [-0.4, -0.2) is 23.1 Å². The Balaban J connectivity index is 2.31. The summed E-state index contributed by atoms with van der Waals surface area (Å²) in [5.74, 6) is 0. The van der Waals surface area contributed by atoms with E-state index in [1.807, 2.05) is 32.9 Å². The number of nitrogens with two attached hydrogens (primary N) is 1. The number of hydrogen-bond donors (Lipinski definition) is 1.